The Bertz CT molecular complexity index is 499. The number of aliphatic hydroxyl groups excluding tert-OH is 4. The number of aliphatic hydroxyl groups is 4. The highest BCUT2D eigenvalue weighted by Gasteiger charge is 2.28. The summed E-state index contributed by atoms with van der Waals surface area (Å²) in [6.07, 6.45) is 22.0. The van der Waals surface area contributed by atoms with Gasteiger partial charge in [0.1, 0.15) is 12.2 Å². The molecule has 0 fully saturated rings. The van der Waals surface area contributed by atoms with Gasteiger partial charge in [-0.2, -0.15) is 0 Å². The first kappa shape index (κ1) is 34.0. The molecular formula is C29H57NO5. The number of carbonyl (C=O) groups is 1. The molecule has 1 amide bonds. The summed E-state index contributed by atoms with van der Waals surface area (Å²) < 4.78 is 0. The molecule has 208 valence electrons. The Kier molecular flexibility index (Phi) is 24.1. The molecule has 6 nitrogen and oxygen atoms in total. The monoisotopic (exact) mass is 499 g/mol. The summed E-state index contributed by atoms with van der Waals surface area (Å²) in [4.78, 5) is 12.2. The van der Waals surface area contributed by atoms with E-state index in [4.69, 9.17) is 0 Å². The molecule has 35 heavy (non-hydrogen) atoms. The zero-order chi connectivity index (χ0) is 26.2. The standard InChI is InChI=1S/C29H57NO5/c1-3-5-7-8-9-10-11-12-13-14-15-16-17-18-19-20-21-23-27(33)29(35)30-25(24-31)28(34)26(32)22-6-4-2/h15-16,25-28,31-34H,3-14,17-24H2,1-2H3,(H,30,35)/b16-15-. The van der Waals surface area contributed by atoms with Crippen LogP contribution in [0, 0.1) is 0 Å². The van der Waals surface area contributed by atoms with E-state index in [1.165, 1.54) is 64.2 Å². The van der Waals surface area contributed by atoms with Crippen LogP contribution in [0.15, 0.2) is 12.2 Å². The van der Waals surface area contributed by atoms with Gasteiger partial charge in [-0.1, -0.05) is 109 Å². The summed E-state index contributed by atoms with van der Waals surface area (Å²) in [7, 11) is 0. The summed E-state index contributed by atoms with van der Waals surface area (Å²) in [6, 6.07) is -0.980. The topological polar surface area (TPSA) is 110 Å². The van der Waals surface area contributed by atoms with E-state index in [1.807, 2.05) is 6.92 Å². The van der Waals surface area contributed by atoms with E-state index in [9.17, 15) is 25.2 Å². The lowest BCUT2D eigenvalue weighted by Gasteiger charge is -2.27. The van der Waals surface area contributed by atoms with Crippen LogP contribution in [0.5, 0.6) is 0 Å². The average Bonchev–Trinajstić information content (AvgIpc) is 2.86. The van der Waals surface area contributed by atoms with Gasteiger partial charge in [0, 0.05) is 0 Å². The maximum atomic E-state index is 12.2. The van der Waals surface area contributed by atoms with Crippen LogP contribution in [0.1, 0.15) is 136 Å². The Hall–Kier alpha value is -0.950. The first-order valence-electron chi connectivity index (χ1n) is 14.6. The van der Waals surface area contributed by atoms with Crippen molar-refractivity contribution in [2.45, 2.75) is 160 Å². The van der Waals surface area contributed by atoms with Crippen LogP contribution in [-0.4, -0.2) is 57.3 Å². The van der Waals surface area contributed by atoms with Crippen molar-refractivity contribution in [1.82, 2.24) is 5.32 Å². The molecule has 0 aliphatic rings. The highest BCUT2D eigenvalue weighted by Crippen LogP contribution is 2.13. The molecule has 5 N–H and O–H groups in total. The van der Waals surface area contributed by atoms with Gasteiger partial charge in [0.05, 0.1) is 18.8 Å². The Balaban J connectivity index is 3.72. The predicted octanol–water partition coefficient (Wildman–Crippen LogP) is 5.55. The Labute approximate surface area is 215 Å². The summed E-state index contributed by atoms with van der Waals surface area (Å²) in [5.41, 5.74) is 0. The molecule has 0 aromatic heterocycles. The SMILES string of the molecule is CCCCCCCCCCC/C=C\CCCCCCC(O)C(=O)NC(CO)C(O)C(O)CCCC. The minimum absolute atomic E-state index is 0.354. The lowest BCUT2D eigenvalue weighted by Crippen LogP contribution is -2.53. The largest absolute Gasteiger partial charge is 0.394 e. The number of allylic oxidation sites excluding steroid dienone is 2. The van der Waals surface area contributed by atoms with Crippen LogP contribution in [0.3, 0.4) is 0 Å². The van der Waals surface area contributed by atoms with Gasteiger partial charge < -0.3 is 25.7 Å². The molecular weight excluding hydrogens is 442 g/mol. The average molecular weight is 500 g/mol. The molecule has 0 aliphatic heterocycles. The molecule has 0 rings (SSSR count). The first-order chi connectivity index (χ1) is 17.0. The van der Waals surface area contributed by atoms with E-state index in [0.717, 1.165) is 44.9 Å². The van der Waals surface area contributed by atoms with E-state index in [2.05, 4.69) is 24.4 Å². The molecule has 0 bridgehead atoms. The fourth-order valence-electron chi connectivity index (χ4n) is 4.26. The van der Waals surface area contributed by atoms with E-state index >= 15 is 0 Å². The molecule has 0 aliphatic carbocycles. The second-order valence-corrected chi connectivity index (χ2v) is 10.1. The number of nitrogens with one attached hydrogen (secondary N) is 1. The van der Waals surface area contributed by atoms with Crippen LogP contribution in [0.4, 0.5) is 0 Å². The molecule has 0 heterocycles. The summed E-state index contributed by atoms with van der Waals surface area (Å²) in [5.74, 6) is -0.606. The second kappa shape index (κ2) is 24.7. The third-order valence-electron chi connectivity index (χ3n) is 6.73. The van der Waals surface area contributed by atoms with Crippen molar-refractivity contribution < 1.29 is 25.2 Å². The number of carbonyl (C=O) groups excluding carboxylic acids is 1. The third kappa shape index (κ3) is 19.9. The molecule has 6 heteroatoms. The van der Waals surface area contributed by atoms with Crippen molar-refractivity contribution in [3.05, 3.63) is 12.2 Å². The van der Waals surface area contributed by atoms with Crippen LogP contribution in [0.2, 0.25) is 0 Å². The van der Waals surface area contributed by atoms with Crippen molar-refractivity contribution in [2.75, 3.05) is 6.61 Å². The zero-order valence-corrected chi connectivity index (χ0v) is 22.8. The maximum absolute atomic E-state index is 12.2. The smallest absolute Gasteiger partial charge is 0.249 e. The molecule has 0 aromatic rings. The number of amides is 1. The van der Waals surface area contributed by atoms with Crippen molar-refractivity contribution in [3.8, 4) is 0 Å². The quantitative estimate of drug-likeness (QED) is 0.0835. The van der Waals surface area contributed by atoms with E-state index in [1.54, 1.807) is 0 Å². The summed E-state index contributed by atoms with van der Waals surface area (Å²) in [5, 5.41) is 42.2. The van der Waals surface area contributed by atoms with E-state index in [-0.39, 0.29) is 0 Å². The molecule has 4 atom stereocenters. The normalized spacial score (nSPS) is 15.3. The van der Waals surface area contributed by atoms with Gasteiger partial charge in [0.15, 0.2) is 0 Å². The van der Waals surface area contributed by atoms with Gasteiger partial charge >= 0.3 is 0 Å². The third-order valence-corrected chi connectivity index (χ3v) is 6.73. The van der Waals surface area contributed by atoms with Crippen molar-refractivity contribution in [1.29, 1.82) is 0 Å². The second-order valence-electron chi connectivity index (χ2n) is 10.1. The molecule has 0 saturated carbocycles. The van der Waals surface area contributed by atoms with Gasteiger partial charge in [-0.05, 0) is 38.5 Å². The minimum atomic E-state index is -1.25. The molecule has 0 radical (unpaired) electrons. The highest BCUT2D eigenvalue weighted by molar-refractivity contribution is 5.80. The van der Waals surface area contributed by atoms with Gasteiger partial charge in [0.25, 0.3) is 0 Å². The van der Waals surface area contributed by atoms with Gasteiger partial charge in [-0.25, -0.2) is 0 Å². The molecule has 0 aromatic carbocycles. The number of hydrogen-bond donors (Lipinski definition) is 5. The lowest BCUT2D eigenvalue weighted by atomic mass is 10.0. The fourth-order valence-corrected chi connectivity index (χ4v) is 4.26. The van der Waals surface area contributed by atoms with Gasteiger partial charge in [-0.3, -0.25) is 4.79 Å². The highest BCUT2D eigenvalue weighted by atomic mass is 16.3. The Morgan fingerprint density at radius 1 is 0.686 bits per heavy atom. The number of unbranched alkanes of at least 4 members (excludes halogenated alkanes) is 14. The lowest BCUT2D eigenvalue weighted by molar-refractivity contribution is -0.132. The first-order valence-corrected chi connectivity index (χ1v) is 14.6. The maximum Gasteiger partial charge on any atom is 0.249 e. The predicted molar refractivity (Wildman–Crippen MR) is 145 cm³/mol. The Morgan fingerprint density at radius 2 is 1.17 bits per heavy atom. The number of rotatable bonds is 25. The summed E-state index contributed by atoms with van der Waals surface area (Å²) in [6.45, 7) is 3.75. The van der Waals surface area contributed by atoms with Crippen molar-refractivity contribution >= 4 is 5.91 Å². The zero-order valence-electron chi connectivity index (χ0n) is 22.8. The minimum Gasteiger partial charge on any atom is -0.394 e. The van der Waals surface area contributed by atoms with Crippen LogP contribution in [-0.2, 0) is 4.79 Å². The van der Waals surface area contributed by atoms with Crippen LogP contribution < -0.4 is 5.32 Å². The fraction of sp³-hybridized carbons (Fsp3) is 0.897. The number of hydrogen-bond acceptors (Lipinski definition) is 5. The van der Waals surface area contributed by atoms with Crippen LogP contribution in [0.25, 0.3) is 0 Å². The molecule has 0 saturated heterocycles. The van der Waals surface area contributed by atoms with Gasteiger partial charge in [0.2, 0.25) is 5.91 Å². The molecule has 0 spiro atoms. The Morgan fingerprint density at radius 3 is 1.69 bits per heavy atom. The van der Waals surface area contributed by atoms with Crippen molar-refractivity contribution in [3.63, 3.8) is 0 Å². The van der Waals surface area contributed by atoms with E-state index < -0.39 is 36.9 Å². The van der Waals surface area contributed by atoms with Crippen LogP contribution >= 0.6 is 0 Å². The van der Waals surface area contributed by atoms with E-state index in [0.29, 0.717) is 12.8 Å². The van der Waals surface area contributed by atoms with Crippen molar-refractivity contribution in [2.24, 2.45) is 0 Å². The summed E-state index contributed by atoms with van der Waals surface area (Å²) >= 11 is 0. The van der Waals surface area contributed by atoms with Gasteiger partial charge in [-0.15, -0.1) is 0 Å². The molecule has 4 unspecified atom stereocenters.